The second-order valence-electron chi connectivity index (χ2n) is 2.54. The van der Waals surface area contributed by atoms with Crippen molar-refractivity contribution in [1.82, 2.24) is 0 Å². The third-order valence-electron chi connectivity index (χ3n) is 1.49. The zero-order valence-corrected chi connectivity index (χ0v) is 8.67. The zero-order chi connectivity index (χ0) is 9.94. The molecule has 0 aliphatic heterocycles. The van der Waals surface area contributed by atoms with Gasteiger partial charge in [-0.3, -0.25) is 0 Å². The van der Waals surface area contributed by atoms with E-state index < -0.39 is 0 Å². The predicted octanol–water partition coefficient (Wildman–Crippen LogP) is 2.36. The Kier molecular flexibility index (Phi) is 8.75. The molecule has 0 rings (SSSR count). The van der Waals surface area contributed by atoms with E-state index in [0.29, 0.717) is 0 Å². The molecule has 0 aromatic carbocycles. The second-order valence-corrected chi connectivity index (χ2v) is 2.54. The Bertz CT molecular complexity index is 182. The first-order valence-electron chi connectivity index (χ1n) is 4.54. The fraction of sp³-hybridized carbons (Fsp3) is 0.636. The lowest BCUT2D eigenvalue weighted by Gasteiger charge is -2.03. The van der Waals surface area contributed by atoms with Crippen LogP contribution in [0, 0.1) is 11.8 Å². The third-order valence-corrected chi connectivity index (χ3v) is 1.49. The molecule has 0 fully saturated rings. The van der Waals surface area contributed by atoms with Gasteiger partial charge >= 0.3 is 0 Å². The van der Waals surface area contributed by atoms with Crippen molar-refractivity contribution in [3.05, 3.63) is 12.2 Å². The Hall–Kier alpha value is -0.780. The van der Waals surface area contributed by atoms with Crippen LogP contribution < -0.4 is 0 Å². The molecule has 2 nitrogen and oxygen atoms in total. The topological polar surface area (TPSA) is 18.5 Å². The molecule has 0 atom stereocenters. The summed E-state index contributed by atoms with van der Waals surface area (Å²) in [6, 6.07) is 0. The van der Waals surface area contributed by atoms with Crippen molar-refractivity contribution in [2.75, 3.05) is 14.2 Å². The zero-order valence-electron chi connectivity index (χ0n) is 8.67. The molecule has 0 spiro atoms. The van der Waals surface area contributed by atoms with E-state index in [-0.39, 0.29) is 6.29 Å². The molecule has 0 saturated heterocycles. The van der Waals surface area contributed by atoms with Gasteiger partial charge in [-0.2, -0.15) is 0 Å². The summed E-state index contributed by atoms with van der Waals surface area (Å²) < 4.78 is 9.83. The Morgan fingerprint density at radius 1 is 1.23 bits per heavy atom. The van der Waals surface area contributed by atoms with E-state index in [9.17, 15) is 0 Å². The molecule has 0 heterocycles. The van der Waals surface area contributed by atoms with Gasteiger partial charge in [-0.05, 0) is 18.8 Å². The first-order chi connectivity index (χ1) is 6.35. The molecular formula is C11H18O2. The van der Waals surface area contributed by atoms with Crippen LogP contribution >= 0.6 is 0 Å². The summed E-state index contributed by atoms with van der Waals surface area (Å²) in [7, 11) is 3.17. The van der Waals surface area contributed by atoms with Crippen LogP contribution in [-0.2, 0) is 9.47 Å². The van der Waals surface area contributed by atoms with Crippen molar-refractivity contribution in [3.8, 4) is 11.8 Å². The predicted molar refractivity (Wildman–Crippen MR) is 54.2 cm³/mol. The Morgan fingerprint density at radius 2 is 1.92 bits per heavy atom. The molecule has 0 saturated carbocycles. The molecule has 0 unspecified atom stereocenters. The normalized spacial score (nSPS) is 10.5. The molecule has 74 valence electrons. The summed E-state index contributed by atoms with van der Waals surface area (Å²) in [5.41, 5.74) is 0. The van der Waals surface area contributed by atoms with Gasteiger partial charge in [-0.25, -0.2) is 0 Å². The summed E-state index contributed by atoms with van der Waals surface area (Å²) in [5, 5.41) is 0. The summed E-state index contributed by atoms with van der Waals surface area (Å²) in [5.74, 6) is 5.86. The number of hydrogen-bond donors (Lipinski definition) is 0. The summed E-state index contributed by atoms with van der Waals surface area (Å²) in [6.45, 7) is 2.12. The van der Waals surface area contributed by atoms with E-state index in [0.717, 1.165) is 19.3 Å². The highest BCUT2D eigenvalue weighted by atomic mass is 16.7. The smallest absolute Gasteiger partial charge is 0.221 e. The number of unbranched alkanes of at least 4 members (excludes halogenated alkanes) is 1. The summed E-state index contributed by atoms with van der Waals surface area (Å²) >= 11 is 0. The maximum atomic E-state index is 4.91. The number of hydrogen-bond acceptors (Lipinski definition) is 2. The van der Waals surface area contributed by atoms with Crippen LogP contribution in [0.4, 0.5) is 0 Å². The molecule has 13 heavy (non-hydrogen) atoms. The first kappa shape index (κ1) is 12.2. The van der Waals surface area contributed by atoms with E-state index in [1.54, 1.807) is 14.2 Å². The molecule has 0 aliphatic rings. The van der Waals surface area contributed by atoms with Crippen molar-refractivity contribution >= 4 is 0 Å². The van der Waals surface area contributed by atoms with Crippen molar-refractivity contribution < 1.29 is 9.47 Å². The van der Waals surface area contributed by atoms with Gasteiger partial charge in [-0.15, -0.1) is 0 Å². The lowest BCUT2D eigenvalue weighted by molar-refractivity contribution is -0.0595. The number of allylic oxidation sites excluding steroid dienone is 2. The number of methoxy groups -OCH3 is 2. The molecule has 0 bridgehead atoms. The van der Waals surface area contributed by atoms with Gasteiger partial charge in [0.1, 0.15) is 0 Å². The SMILES string of the molecule is CCC=CCCC#CC(OC)OC. The van der Waals surface area contributed by atoms with Gasteiger partial charge in [0.25, 0.3) is 0 Å². The highest BCUT2D eigenvalue weighted by Crippen LogP contribution is 1.92. The molecule has 2 heteroatoms. The summed E-state index contributed by atoms with van der Waals surface area (Å²) in [4.78, 5) is 0. The number of ether oxygens (including phenoxy) is 2. The molecule has 0 aliphatic carbocycles. The van der Waals surface area contributed by atoms with Crippen LogP contribution in [0.1, 0.15) is 26.2 Å². The van der Waals surface area contributed by atoms with E-state index in [1.165, 1.54) is 0 Å². The Balaban J connectivity index is 3.53. The minimum atomic E-state index is -0.379. The largest absolute Gasteiger partial charge is 0.345 e. The van der Waals surface area contributed by atoms with E-state index in [2.05, 4.69) is 30.9 Å². The van der Waals surface area contributed by atoms with Crippen LogP contribution in [0.2, 0.25) is 0 Å². The van der Waals surface area contributed by atoms with Gasteiger partial charge in [-0.1, -0.05) is 25.0 Å². The first-order valence-corrected chi connectivity index (χ1v) is 4.54. The quantitative estimate of drug-likeness (QED) is 0.281. The molecule has 0 amide bonds. The fourth-order valence-electron chi connectivity index (χ4n) is 0.810. The van der Waals surface area contributed by atoms with Crippen molar-refractivity contribution in [2.45, 2.75) is 32.5 Å². The van der Waals surface area contributed by atoms with Crippen molar-refractivity contribution in [1.29, 1.82) is 0 Å². The standard InChI is InChI=1S/C11H18O2/c1-4-5-6-7-8-9-10-11(12-2)13-3/h5-6,11H,4,7-8H2,1-3H3. The van der Waals surface area contributed by atoms with Gasteiger partial charge < -0.3 is 9.47 Å². The molecule has 0 aromatic rings. The Labute approximate surface area is 80.9 Å². The number of rotatable bonds is 5. The van der Waals surface area contributed by atoms with Gasteiger partial charge in [0.2, 0.25) is 6.29 Å². The average Bonchev–Trinajstić information content (AvgIpc) is 2.17. The molecule has 0 radical (unpaired) electrons. The lowest BCUT2D eigenvalue weighted by Crippen LogP contribution is -2.09. The van der Waals surface area contributed by atoms with Crippen LogP contribution in [0.3, 0.4) is 0 Å². The van der Waals surface area contributed by atoms with Crippen LogP contribution in [-0.4, -0.2) is 20.5 Å². The van der Waals surface area contributed by atoms with Crippen LogP contribution in [0.25, 0.3) is 0 Å². The monoisotopic (exact) mass is 182 g/mol. The van der Waals surface area contributed by atoms with Crippen LogP contribution in [0.15, 0.2) is 12.2 Å². The second kappa shape index (κ2) is 9.31. The molecular weight excluding hydrogens is 164 g/mol. The maximum absolute atomic E-state index is 4.91. The third kappa shape index (κ3) is 7.58. The van der Waals surface area contributed by atoms with E-state index in [4.69, 9.17) is 9.47 Å². The minimum Gasteiger partial charge on any atom is -0.345 e. The summed E-state index contributed by atoms with van der Waals surface area (Å²) in [6.07, 6.45) is 6.86. The maximum Gasteiger partial charge on any atom is 0.221 e. The van der Waals surface area contributed by atoms with Crippen molar-refractivity contribution in [3.63, 3.8) is 0 Å². The van der Waals surface area contributed by atoms with Crippen LogP contribution in [0.5, 0.6) is 0 Å². The highest BCUT2D eigenvalue weighted by molar-refractivity contribution is 5.03. The molecule has 0 aromatic heterocycles. The Morgan fingerprint density at radius 3 is 2.46 bits per heavy atom. The molecule has 0 N–H and O–H groups in total. The van der Waals surface area contributed by atoms with Crippen molar-refractivity contribution in [2.24, 2.45) is 0 Å². The van der Waals surface area contributed by atoms with Gasteiger partial charge in [0.15, 0.2) is 0 Å². The average molecular weight is 182 g/mol. The highest BCUT2D eigenvalue weighted by Gasteiger charge is 1.95. The van der Waals surface area contributed by atoms with Gasteiger partial charge in [0.05, 0.1) is 0 Å². The van der Waals surface area contributed by atoms with E-state index >= 15 is 0 Å². The lowest BCUT2D eigenvalue weighted by atomic mass is 10.3. The minimum absolute atomic E-state index is 0.379. The van der Waals surface area contributed by atoms with E-state index in [1.807, 2.05) is 0 Å². The fourth-order valence-corrected chi connectivity index (χ4v) is 0.810. The van der Waals surface area contributed by atoms with Gasteiger partial charge in [0, 0.05) is 20.6 Å².